The Labute approximate surface area is 286 Å². The van der Waals surface area contributed by atoms with Crippen molar-refractivity contribution < 1.29 is 0 Å². The van der Waals surface area contributed by atoms with Gasteiger partial charge < -0.3 is 0 Å². The molecule has 0 atom stereocenters. The van der Waals surface area contributed by atoms with Crippen molar-refractivity contribution in [3.05, 3.63) is 181 Å². The summed E-state index contributed by atoms with van der Waals surface area (Å²) in [4.78, 5) is 0. The van der Waals surface area contributed by atoms with Gasteiger partial charge in [-0.1, -0.05) is 147 Å². The van der Waals surface area contributed by atoms with Crippen molar-refractivity contribution in [2.24, 2.45) is 0 Å². The average molecular weight is 623 g/mol. The molecule has 0 fully saturated rings. The number of fused-ring (bicyclic) bond motifs is 8. The van der Waals surface area contributed by atoms with E-state index in [4.69, 9.17) is 0 Å². The second-order valence-corrected chi connectivity index (χ2v) is 14.2. The van der Waals surface area contributed by atoms with E-state index < -0.39 is 0 Å². The summed E-state index contributed by atoms with van der Waals surface area (Å²) in [5, 5.41) is 10.2. The van der Waals surface area contributed by atoms with E-state index in [-0.39, 0.29) is 5.41 Å². The lowest BCUT2D eigenvalue weighted by molar-refractivity contribution is 0.661. The van der Waals surface area contributed by atoms with Gasteiger partial charge in [0.15, 0.2) is 0 Å². The summed E-state index contributed by atoms with van der Waals surface area (Å²) in [6.07, 6.45) is 0. The van der Waals surface area contributed by atoms with Gasteiger partial charge in [-0.05, 0) is 135 Å². The maximum absolute atomic E-state index is 2.44. The third-order valence-corrected chi connectivity index (χ3v) is 11.0. The summed E-state index contributed by atoms with van der Waals surface area (Å²) in [7, 11) is 0. The minimum Gasteiger partial charge on any atom is -0.0616 e. The molecule has 1 aliphatic rings. The maximum atomic E-state index is 2.44. The first-order valence-corrected chi connectivity index (χ1v) is 17.2. The second-order valence-electron chi connectivity index (χ2n) is 14.2. The van der Waals surface area contributed by atoms with Crippen LogP contribution in [0.4, 0.5) is 0 Å². The molecule has 0 N–H and O–H groups in total. The Hall–Kier alpha value is -5.98. The first-order chi connectivity index (χ1) is 24.0. The van der Waals surface area contributed by atoms with Crippen LogP contribution in [0.1, 0.15) is 25.0 Å². The molecule has 0 radical (unpaired) electrons. The smallest absolute Gasteiger partial charge is 0.0159 e. The third kappa shape index (κ3) is 4.38. The molecule has 0 saturated carbocycles. The van der Waals surface area contributed by atoms with Crippen LogP contribution in [0, 0.1) is 0 Å². The molecule has 0 heterocycles. The Balaban J connectivity index is 1.04. The Morgan fingerprint density at radius 3 is 1.41 bits per heavy atom. The molecule has 0 bridgehead atoms. The van der Waals surface area contributed by atoms with Gasteiger partial charge in [0, 0.05) is 5.41 Å². The van der Waals surface area contributed by atoms with Crippen LogP contribution >= 0.6 is 0 Å². The van der Waals surface area contributed by atoms with Gasteiger partial charge in [-0.2, -0.15) is 0 Å². The van der Waals surface area contributed by atoms with Crippen molar-refractivity contribution in [3.63, 3.8) is 0 Å². The summed E-state index contributed by atoms with van der Waals surface area (Å²) in [5.41, 5.74) is 13.0. The summed E-state index contributed by atoms with van der Waals surface area (Å²) >= 11 is 0. The fourth-order valence-corrected chi connectivity index (χ4v) is 8.35. The molecular formula is C49H34. The standard InChI is InChI=1S/C49H34/c1-49(2)47-29-36(34-18-15-31-9-3-4-10-33(31)25-34)21-23-44(47)45-24-22-37(30-48(45)49)35-19-16-32-17-20-39(27-40(32)26-35)46-28-38-11-5-6-12-41(38)42-13-7-8-14-43(42)46/h3-30H,1-2H3. The fourth-order valence-electron chi connectivity index (χ4n) is 8.35. The Morgan fingerprint density at radius 2 is 0.735 bits per heavy atom. The molecule has 49 heavy (non-hydrogen) atoms. The molecule has 0 amide bonds. The predicted molar refractivity (Wildman–Crippen MR) is 210 cm³/mol. The van der Waals surface area contributed by atoms with Gasteiger partial charge in [0.2, 0.25) is 0 Å². The largest absolute Gasteiger partial charge is 0.0616 e. The van der Waals surface area contributed by atoms with Crippen molar-refractivity contribution >= 4 is 43.1 Å². The van der Waals surface area contributed by atoms with E-state index in [0.717, 1.165) is 0 Å². The molecule has 9 aromatic carbocycles. The molecule has 1 aliphatic carbocycles. The average Bonchev–Trinajstić information content (AvgIpc) is 3.38. The number of benzene rings is 9. The fraction of sp³-hybridized carbons (Fsp3) is 0.0612. The first kappa shape index (κ1) is 28.1. The topological polar surface area (TPSA) is 0 Å². The molecule has 230 valence electrons. The molecule has 0 saturated heterocycles. The SMILES string of the molecule is CC1(C)c2cc(-c3ccc4ccccc4c3)ccc2-c2ccc(-c3ccc4ccc(-c5cc6ccccc6c6ccccc56)cc4c3)cc21. The Bertz CT molecular complexity index is 2800. The predicted octanol–water partition coefficient (Wildman–Crippen LogP) is 13.6. The van der Waals surface area contributed by atoms with E-state index >= 15 is 0 Å². The lowest BCUT2D eigenvalue weighted by Crippen LogP contribution is -2.15. The molecular weight excluding hydrogens is 589 g/mol. The van der Waals surface area contributed by atoms with E-state index in [1.807, 2.05) is 0 Å². The molecule has 0 heteroatoms. The van der Waals surface area contributed by atoms with Crippen LogP contribution in [0.25, 0.3) is 87.6 Å². The van der Waals surface area contributed by atoms with Crippen LogP contribution in [0.3, 0.4) is 0 Å². The Morgan fingerprint density at radius 1 is 0.286 bits per heavy atom. The van der Waals surface area contributed by atoms with Crippen molar-refractivity contribution in [2.45, 2.75) is 19.3 Å². The highest BCUT2D eigenvalue weighted by molar-refractivity contribution is 6.14. The molecule has 0 unspecified atom stereocenters. The van der Waals surface area contributed by atoms with Gasteiger partial charge in [0.25, 0.3) is 0 Å². The van der Waals surface area contributed by atoms with Crippen molar-refractivity contribution in [2.75, 3.05) is 0 Å². The summed E-state index contributed by atoms with van der Waals surface area (Å²) in [5.74, 6) is 0. The lowest BCUT2D eigenvalue weighted by atomic mass is 9.80. The van der Waals surface area contributed by atoms with Gasteiger partial charge in [0.1, 0.15) is 0 Å². The zero-order valence-corrected chi connectivity index (χ0v) is 27.7. The normalized spacial score (nSPS) is 13.3. The van der Waals surface area contributed by atoms with E-state index in [0.29, 0.717) is 0 Å². The van der Waals surface area contributed by atoms with E-state index in [1.165, 1.54) is 98.7 Å². The van der Waals surface area contributed by atoms with Gasteiger partial charge >= 0.3 is 0 Å². The minimum atomic E-state index is -0.102. The van der Waals surface area contributed by atoms with Gasteiger partial charge in [0.05, 0.1) is 0 Å². The zero-order valence-electron chi connectivity index (χ0n) is 27.7. The molecule has 0 nitrogen and oxygen atoms in total. The van der Waals surface area contributed by atoms with Gasteiger partial charge in [-0.25, -0.2) is 0 Å². The molecule has 0 spiro atoms. The van der Waals surface area contributed by atoms with E-state index in [2.05, 4.69) is 184 Å². The molecule has 0 aromatic heterocycles. The monoisotopic (exact) mass is 622 g/mol. The Kier molecular flexibility index (Phi) is 6.02. The van der Waals surface area contributed by atoms with Crippen LogP contribution in [0.15, 0.2) is 170 Å². The lowest BCUT2D eigenvalue weighted by Gasteiger charge is -2.23. The summed E-state index contributed by atoms with van der Waals surface area (Å²) in [6.45, 7) is 4.76. The maximum Gasteiger partial charge on any atom is 0.0159 e. The quantitative estimate of drug-likeness (QED) is 0.172. The van der Waals surface area contributed by atoms with Crippen LogP contribution in [0.5, 0.6) is 0 Å². The highest BCUT2D eigenvalue weighted by Crippen LogP contribution is 2.51. The molecule has 0 aliphatic heterocycles. The van der Waals surface area contributed by atoms with Crippen LogP contribution < -0.4 is 0 Å². The van der Waals surface area contributed by atoms with Crippen molar-refractivity contribution in [1.29, 1.82) is 0 Å². The van der Waals surface area contributed by atoms with Gasteiger partial charge in [-0.15, -0.1) is 0 Å². The second kappa shape index (κ2) is 10.5. The summed E-state index contributed by atoms with van der Waals surface area (Å²) < 4.78 is 0. The van der Waals surface area contributed by atoms with Crippen LogP contribution in [-0.2, 0) is 5.41 Å². The van der Waals surface area contributed by atoms with E-state index in [9.17, 15) is 0 Å². The molecule has 9 aromatic rings. The highest BCUT2D eigenvalue weighted by Gasteiger charge is 2.35. The van der Waals surface area contributed by atoms with Crippen LogP contribution in [0.2, 0.25) is 0 Å². The van der Waals surface area contributed by atoms with Crippen molar-refractivity contribution in [3.8, 4) is 44.5 Å². The highest BCUT2D eigenvalue weighted by atomic mass is 14.4. The number of hydrogen-bond acceptors (Lipinski definition) is 0. The van der Waals surface area contributed by atoms with Crippen molar-refractivity contribution in [1.82, 2.24) is 0 Å². The van der Waals surface area contributed by atoms with Crippen LogP contribution in [-0.4, -0.2) is 0 Å². The third-order valence-electron chi connectivity index (χ3n) is 11.0. The number of hydrogen-bond donors (Lipinski definition) is 0. The molecule has 10 rings (SSSR count). The minimum absolute atomic E-state index is 0.102. The first-order valence-electron chi connectivity index (χ1n) is 17.2. The summed E-state index contributed by atoms with van der Waals surface area (Å²) in [6, 6.07) is 63.3. The number of rotatable bonds is 3. The zero-order chi connectivity index (χ0) is 32.7. The van der Waals surface area contributed by atoms with E-state index in [1.54, 1.807) is 0 Å². The van der Waals surface area contributed by atoms with Gasteiger partial charge in [-0.3, -0.25) is 0 Å².